The van der Waals surface area contributed by atoms with Crippen molar-refractivity contribution in [1.82, 2.24) is 10.2 Å². The summed E-state index contributed by atoms with van der Waals surface area (Å²) in [4.78, 5) is 0. The van der Waals surface area contributed by atoms with Crippen LogP contribution in [0.2, 0.25) is 5.22 Å². The molecule has 2 aromatic heterocycles. The lowest BCUT2D eigenvalue weighted by Crippen LogP contribution is -1.98. The molecule has 0 radical (unpaired) electrons. The molecule has 0 aliphatic heterocycles. The summed E-state index contributed by atoms with van der Waals surface area (Å²) in [6.45, 7) is 0.610. The third kappa shape index (κ3) is 2.14. The van der Waals surface area contributed by atoms with Gasteiger partial charge in [0.25, 0.3) is 0 Å². The topological polar surface area (TPSA) is 53.9 Å². The summed E-state index contributed by atoms with van der Waals surface area (Å²) >= 11 is 6.19. The largest absolute Gasteiger partial charge is 0.444 e. The number of H-pyrrole nitrogens is 1. The van der Waals surface area contributed by atoms with Crippen LogP contribution >= 0.6 is 11.6 Å². The molecule has 0 spiro atoms. The van der Waals surface area contributed by atoms with Crippen LogP contribution in [0.25, 0.3) is 21.9 Å². The summed E-state index contributed by atoms with van der Waals surface area (Å²) < 4.78 is 5.56. The number of hydrogen-bond donors (Lipinski definition) is 2. The molecule has 0 fully saturated rings. The normalized spacial score (nSPS) is 11.3. The van der Waals surface area contributed by atoms with E-state index in [4.69, 9.17) is 16.0 Å². The number of benzene rings is 2. The van der Waals surface area contributed by atoms with Gasteiger partial charge in [0.15, 0.2) is 5.22 Å². The molecular formula is C16H12ClN3O. The van der Waals surface area contributed by atoms with Crippen molar-refractivity contribution in [3.63, 3.8) is 0 Å². The zero-order valence-corrected chi connectivity index (χ0v) is 11.8. The highest BCUT2D eigenvalue weighted by Crippen LogP contribution is 2.30. The lowest BCUT2D eigenvalue weighted by molar-refractivity contribution is 0.613. The van der Waals surface area contributed by atoms with E-state index in [1.165, 1.54) is 0 Å². The Morgan fingerprint density at radius 1 is 1.19 bits per heavy atom. The first-order valence-electron chi connectivity index (χ1n) is 6.64. The van der Waals surface area contributed by atoms with Gasteiger partial charge >= 0.3 is 0 Å². The second-order valence-electron chi connectivity index (χ2n) is 4.88. The summed E-state index contributed by atoms with van der Waals surface area (Å²) in [5.74, 6) is 0. The summed E-state index contributed by atoms with van der Waals surface area (Å²) in [5, 5.41) is 12.9. The number of hydrogen-bond acceptors (Lipinski definition) is 3. The Balaban J connectivity index is 1.64. The Morgan fingerprint density at radius 3 is 3.05 bits per heavy atom. The van der Waals surface area contributed by atoms with Gasteiger partial charge in [-0.3, -0.25) is 5.10 Å². The molecule has 4 aromatic rings. The van der Waals surface area contributed by atoms with Crippen molar-refractivity contribution in [2.75, 3.05) is 5.32 Å². The fraction of sp³-hybridized carbons (Fsp3) is 0.0625. The van der Waals surface area contributed by atoms with Gasteiger partial charge in [0, 0.05) is 28.6 Å². The van der Waals surface area contributed by atoms with Crippen molar-refractivity contribution in [2.24, 2.45) is 0 Å². The summed E-state index contributed by atoms with van der Waals surface area (Å²) in [7, 11) is 0. The van der Waals surface area contributed by atoms with E-state index in [1.54, 1.807) is 6.20 Å². The van der Waals surface area contributed by atoms with E-state index in [1.807, 2.05) is 36.4 Å². The van der Waals surface area contributed by atoms with E-state index in [0.717, 1.165) is 33.1 Å². The van der Waals surface area contributed by atoms with Crippen molar-refractivity contribution in [1.29, 1.82) is 0 Å². The molecule has 21 heavy (non-hydrogen) atoms. The minimum atomic E-state index is 0.438. The van der Waals surface area contributed by atoms with Crippen molar-refractivity contribution < 1.29 is 4.42 Å². The van der Waals surface area contributed by atoms with E-state index in [-0.39, 0.29) is 0 Å². The lowest BCUT2D eigenvalue weighted by atomic mass is 10.1. The van der Waals surface area contributed by atoms with Crippen molar-refractivity contribution >= 4 is 39.2 Å². The maximum atomic E-state index is 6.19. The van der Waals surface area contributed by atoms with Gasteiger partial charge in [0.2, 0.25) is 0 Å². The fourth-order valence-electron chi connectivity index (χ4n) is 2.48. The Labute approximate surface area is 125 Å². The number of nitrogens with one attached hydrogen (secondary N) is 2. The first kappa shape index (κ1) is 12.3. The van der Waals surface area contributed by atoms with Gasteiger partial charge in [-0.05, 0) is 35.9 Å². The number of anilines is 1. The maximum absolute atomic E-state index is 6.19. The maximum Gasteiger partial charge on any atom is 0.199 e. The number of rotatable bonds is 3. The molecule has 0 bridgehead atoms. The second-order valence-corrected chi connectivity index (χ2v) is 5.22. The third-order valence-electron chi connectivity index (χ3n) is 3.56. The molecular weight excluding hydrogens is 286 g/mol. The summed E-state index contributed by atoms with van der Waals surface area (Å²) in [6, 6.07) is 13.9. The Bertz CT molecular complexity index is 925. The van der Waals surface area contributed by atoms with Crippen molar-refractivity contribution in [2.45, 2.75) is 6.54 Å². The van der Waals surface area contributed by atoms with Gasteiger partial charge in [-0.1, -0.05) is 18.2 Å². The highest BCUT2D eigenvalue weighted by Gasteiger charge is 2.11. The standard InChI is InChI=1S/C16H12ClN3O/c17-16-13(12-3-1-2-4-15(12)21-16)9-18-11-5-6-14-10(7-11)8-19-20-14/h1-8,18H,9H2,(H,19,20). The van der Waals surface area contributed by atoms with Crippen LogP contribution in [0.1, 0.15) is 5.56 Å². The first-order chi connectivity index (χ1) is 10.3. The predicted octanol–water partition coefficient (Wildman–Crippen LogP) is 4.57. The average molecular weight is 298 g/mol. The SMILES string of the molecule is Clc1oc2ccccc2c1CNc1ccc2[nH]ncc2c1. The number of halogens is 1. The van der Waals surface area contributed by atoms with Gasteiger partial charge < -0.3 is 9.73 Å². The lowest BCUT2D eigenvalue weighted by Gasteiger charge is -2.05. The molecule has 0 saturated heterocycles. The molecule has 0 aliphatic carbocycles. The molecule has 4 rings (SSSR count). The van der Waals surface area contributed by atoms with Gasteiger partial charge in [0.1, 0.15) is 5.58 Å². The van der Waals surface area contributed by atoms with Gasteiger partial charge in [-0.25, -0.2) is 0 Å². The van der Waals surface area contributed by atoms with Crippen LogP contribution in [-0.4, -0.2) is 10.2 Å². The van der Waals surface area contributed by atoms with E-state index in [2.05, 4.69) is 21.6 Å². The molecule has 2 aromatic carbocycles. The second kappa shape index (κ2) is 4.82. The highest BCUT2D eigenvalue weighted by atomic mass is 35.5. The molecule has 4 nitrogen and oxygen atoms in total. The van der Waals surface area contributed by atoms with Crippen LogP contribution < -0.4 is 5.32 Å². The molecule has 0 saturated carbocycles. The number of nitrogens with zero attached hydrogens (tertiary/aromatic N) is 1. The molecule has 0 aliphatic rings. The summed E-state index contributed by atoms with van der Waals surface area (Å²) in [5.41, 5.74) is 3.82. The molecule has 0 unspecified atom stereocenters. The zero-order valence-electron chi connectivity index (χ0n) is 11.1. The van der Waals surface area contributed by atoms with E-state index < -0.39 is 0 Å². The fourth-order valence-corrected chi connectivity index (χ4v) is 2.73. The van der Waals surface area contributed by atoms with Crippen molar-refractivity contribution in [3.8, 4) is 0 Å². The number of aromatic nitrogens is 2. The Hall–Kier alpha value is -2.46. The average Bonchev–Trinajstić information content (AvgIpc) is 3.08. The van der Waals surface area contributed by atoms with Crippen LogP contribution in [0, 0.1) is 0 Å². The van der Waals surface area contributed by atoms with Crippen LogP contribution in [0.5, 0.6) is 0 Å². The number of furan rings is 1. The Morgan fingerprint density at radius 2 is 2.10 bits per heavy atom. The number of aromatic amines is 1. The minimum Gasteiger partial charge on any atom is -0.444 e. The van der Waals surface area contributed by atoms with Gasteiger partial charge in [-0.2, -0.15) is 5.10 Å². The Kier molecular flexibility index (Phi) is 2.82. The van der Waals surface area contributed by atoms with Crippen LogP contribution in [0.4, 0.5) is 5.69 Å². The monoisotopic (exact) mass is 297 g/mol. The molecule has 104 valence electrons. The smallest absolute Gasteiger partial charge is 0.199 e. The number of fused-ring (bicyclic) bond motifs is 2. The molecule has 2 heterocycles. The molecule has 0 amide bonds. The van der Waals surface area contributed by atoms with Crippen LogP contribution in [0.15, 0.2) is 53.1 Å². The van der Waals surface area contributed by atoms with E-state index in [9.17, 15) is 0 Å². The van der Waals surface area contributed by atoms with Gasteiger partial charge in [-0.15, -0.1) is 0 Å². The third-order valence-corrected chi connectivity index (χ3v) is 3.86. The zero-order chi connectivity index (χ0) is 14.2. The van der Waals surface area contributed by atoms with E-state index in [0.29, 0.717) is 11.8 Å². The summed E-state index contributed by atoms with van der Waals surface area (Å²) in [6.07, 6.45) is 1.81. The first-order valence-corrected chi connectivity index (χ1v) is 7.02. The molecule has 2 N–H and O–H groups in total. The number of para-hydroxylation sites is 1. The van der Waals surface area contributed by atoms with Gasteiger partial charge in [0.05, 0.1) is 11.7 Å². The molecule has 0 atom stereocenters. The van der Waals surface area contributed by atoms with Crippen molar-refractivity contribution in [3.05, 3.63) is 59.4 Å². The highest BCUT2D eigenvalue weighted by molar-refractivity contribution is 6.30. The van der Waals surface area contributed by atoms with Crippen LogP contribution in [0.3, 0.4) is 0 Å². The van der Waals surface area contributed by atoms with Crippen LogP contribution in [-0.2, 0) is 6.54 Å². The van der Waals surface area contributed by atoms with E-state index >= 15 is 0 Å². The quantitative estimate of drug-likeness (QED) is 0.582. The minimum absolute atomic E-state index is 0.438. The predicted molar refractivity (Wildman–Crippen MR) is 84.6 cm³/mol. The molecule has 5 heteroatoms.